The van der Waals surface area contributed by atoms with Crippen molar-refractivity contribution in [1.29, 1.82) is 5.26 Å². The van der Waals surface area contributed by atoms with Crippen LogP contribution in [0, 0.1) is 16.7 Å². The normalized spacial score (nSPS) is 25.2. The smallest absolute Gasteiger partial charge is 0.408 e. The molecule has 0 aromatic carbocycles. The number of anilines is 1. The van der Waals surface area contributed by atoms with Crippen LogP contribution in [-0.4, -0.2) is 73.4 Å². The number of carbonyl (C=O) groups is 2. The van der Waals surface area contributed by atoms with Crippen molar-refractivity contribution in [3.05, 3.63) is 24.2 Å². The first kappa shape index (κ1) is 27.1. The third kappa shape index (κ3) is 5.20. The van der Waals surface area contributed by atoms with Gasteiger partial charge in [0.05, 0.1) is 5.69 Å². The summed E-state index contributed by atoms with van der Waals surface area (Å²) in [4.78, 5) is 29.1. The monoisotopic (exact) mass is 504 g/mol. The third-order valence-electron chi connectivity index (χ3n) is 5.64. The summed E-state index contributed by atoms with van der Waals surface area (Å²) in [5.74, 6) is -0.657. The number of amides is 1. The van der Waals surface area contributed by atoms with Crippen LogP contribution in [0.5, 0.6) is 0 Å². The van der Waals surface area contributed by atoms with Crippen LogP contribution in [0.25, 0.3) is 5.52 Å². The summed E-state index contributed by atoms with van der Waals surface area (Å²) in [5, 5.41) is 38.0. The fourth-order valence-electron chi connectivity index (χ4n) is 3.85. The van der Waals surface area contributed by atoms with Crippen LogP contribution in [0.15, 0.2) is 18.5 Å². The lowest BCUT2D eigenvalue weighted by Gasteiger charge is -2.31. The number of nitrogens with one attached hydrogen (secondary N) is 1. The van der Waals surface area contributed by atoms with Crippen LogP contribution in [0.2, 0.25) is 0 Å². The molecule has 36 heavy (non-hydrogen) atoms. The number of hydrogen-bond acceptors (Lipinski definition) is 11. The highest BCUT2D eigenvalue weighted by Crippen LogP contribution is 2.40. The average molecular weight is 505 g/mol. The zero-order valence-corrected chi connectivity index (χ0v) is 21.1. The molecule has 1 fully saturated rings. The van der Waals surface area contributed by atoms with Crippen LogP contribution < -0.4 is 11.1 Å². The van der Waals surface area contributed by atoms with Gasteiger partial charge in [-0.2, -0.15) is 10.4 Å². The lowest BCUT2D eigenvalue weighted by atomic mass is 9.87. The standard InChI is InChI=1S/C23H32N6O7/c1-21(2,3)16(28-20(33)36-22(4,5)6)19(32)34-9-13-15(30)17(31)23(10-24,35-13)14-8-7-12-18(25)26-11-27-29(12)14/h7-8,11,13,15-17,30-31H,9H2,1-6H3,(H,28,33)(H2,25,26,27)/t13-,15-,16-,17-,23+/m1/s1. The number of aliphatic hydroxyl groups excluding tert-OH is 2. The van der Waals surface area contributed by atoms with E-state index in [9.17, 15) is 25.1 Å². The summed E-state index contributed by atoms with van der Waals surface area (Å²) < 4.78 is 17.7. The summed E-state index contributed by atoms with van der Waals surface area (Å²) >= 11 is 0. The van der Waals surface area contributed by atoms with Crippen molar-refractivity contribution in [1.82, 2.24) is 19.9 Å². The van der Waals surface area contributed by atoms with Crippen molar-refractivity contribution in [3.63, 3.8) is 0 Å². The van der Waals surface area contributed by atoms with Crippen LogP contribution in [0.4, 0.5) is 10.6 Å². The summed E-state index contributed by atoms with van der Waals surface area (Å²) in [6.45, 7) is 9.77. The highest BCUT2D eigenvalue weighted by Gasteiger charge is 2.58. The second kappa shape index (κ2) is 9.53. The fraction of sp³-hybridized carbons (Fsp3) is 0.609. The number of fused-ring (bicyclic) bond motifs is 1. The zero-order valence-electron chi connectivity index (χ0n) is 21.1. The average Bonchev–Trinajstić information content (AvgIpc) is 3.30. The fourth-order valence-corrected chi connectivity index (χ4v) is 3.85. The van der Waals surface area contributed by atoms with E-state index in [4.69, 9.17) is 19.9 Å². The number of ether oxygens (including phenoxy) is 3. The maximum Gasteiger partial charge on any atom is 0.408 e. The molecule has 0 radical (unpaired) electrons. The van der Waals surface area contributed by atoms with E-state index < -0.39 is 59.6 Å². The number of hydrogen-bond donors (Lipinski definition) is 4. The topological polar surface area (TPSA) is 194 Å². The number of alkyl carbamates (subject to hydrolysis) is 1. The van der Waals surface area contributed by atoms with Crippen LogP contribution in [0.3, 0.4) is 0 Å². The molecule has 2 aromatic heterocycles. The number of nitrogen functional groups attached to an aromatic ring is 1. The number of nitrogens with two attached hydrogens (primary N) is 1. The molecule has 3 rings (SSSR count). The molecule has 5 atom stereocenters. The van der Waals surface area contributed by atoms with Gasteiger partial charge in [-0.3, -0.25) is 0 Å². The molecule has 1 aliphatic rings. The highest BCUT2D eigenvalue weighted by molar-refractivity contribution is 5.82. The summed E-state index contributed by atoms with van der Waals surface area (Å²) in [6, 6.07) is 3.86. The number of rotatable bonds is 5. The van der Waals surface area contributed by atoms with Crippen LogP contribution in [-0.2, 0) is 24.6 Å². The second-order valence-electron chi connectivity index (χ2n) is 10.7. The van der Waals surface area contributed by atoms with Gasteiger partial charge in [0.15, 0.2) is 5.82 Å². The Balaban J connectivity index is 1.78. The van der Waals surface area contributed by atoms with Crippen LogP contribution in [0.1, 0.15) is 47.2 Å². The Kier molecular flexibility index (Phi) is 7.18. The van der Waals surface area contributed by atoms with Crippen molar-refractivity contribution >= 4 is 23.4 Å². The minimum atomic E-state index is -2.03. The molecule has 1 aliphatic heterocycles. The molecule has 0 saturated carbocycles. The van der Waals surface area contributed by atoms with E-state index in [1.807, 2.05) is 6.07 Å². The first-order valence-electron chi connectivity index (χ1n) is 11.3. The predicted octanol–water partition coefficient (Wildman–Crippen LogP) is 0.634. The lowest BCUT2D eigenvalue weighted by Crippen LogP contribution is -2.51. The Labute approximate surface area is 208 Å². The predicted molar refractivity (Wildman–Crippen MR) is 125 cm³/mol. The Hall–Kier alpha value is -3.47. The zero-order chi connectivity index (χ0) is 27.1. The molecule has 0 aliphatic carbocycles. The van der Waals surface area contributed by atoms with Gasteiger partial charge in [0.2, 0.25) is 5.60 Å². The van der Waals surface area contributed by atoms with Gasteiger partial charge < -0.3 is 35.5 Å². The van der Waals surface area contributed by atoms with Crippen molar-refractivity contribution < 1.29 is 34.0 Å². The van der Waals surface area contributed by atoms with Crippen molar-refractivity contribution in [2.75, 3.05) is 12.3 Å². The number of nitrogens with zero attached hydrogens (tertiary/aromatic N) is 4. The van der Waals surface area contributed by atoms with Gasteiger partial charge in [0.25, 0.3) is 0 Å². The van der Waals surface area contributed by atoms with Gasteiger partial charge in [-0.05, 0) is 38.3 Å². The first-order valence-corrected chi connectivity index (χ1v) is 11.3. The molecule has 0 bridgehead atoms. The van der Waals surface area contributed by atoms with Crippen molar-refractivity contribution in [2.24, 2.45) is 5.41 Å². The maximum absolute atomic E-state index is 12.9. The number of aliphatic hydroxyl groups is 2. The molecule has 0 spiro atoms. The summed E-state index contributed by atoms with van der Waals surface area (Å²) in [6.07, 6.45) is -4.14. The van der Waals surface area contributed by atoms with E-state index >= 15 is 0 Å². The maximum atomic E-state index is 12.9. The molecule has 3 heterocycles. The Bertz CT molecular complexity index is 1180. The van der Waals surface area contributed by atoms with Gasteiger partial charge in [0, 0.05) is 0 Å². The number of nitriles is 1. The number of carbonyl (C=O) groups excluding carboxylic acids is 2. The van der Waals surface area contributed by atoms with E-state index in [1.54, 1.807) is 47.6 Å². The minimum Gasteiger partial charge on any atom is -0.461 e. The Morgan fingerprint density at radius 2 is 1.97 bits per heavy atom. The van der Waals surface area contributed by atoms with E-state index in [1.165, 1.54) is 16.9 Å². The largest absolute Gasteiger partial charge is 0.461 e. The Morgan fingerprint density at radius 3 is 2.56 bits per heavy atom. The quantitative estimate of drug-likeness (QED) is 0.417. The van der Waals surface area contributed by atoms with E-state index in [2.05, 4.69) is 15.4 Å². The molecule has 1 saturated heterocycles. The summed E-state index contributed by atoms with van der Waals surface area (Å²) in [7, 11) is 0. The molecule has 196 valence electrons. The minimum absolute atomic E-state index is 0.119. The molecule has 13 heteroatoms. The molecular formula is C23H32N6O7. The Morgan fingerprint density at radius 1 is 1.31 bits per heavy atom. The van der Waals surface area contributed by atoms with Gasteiger partial charge in [-0.25, -0.2) is 19.1 Å². The van der Waals surface area contributed by atoms with Gasteiger partial charge in [-0.1, -0.05) is 20.8 Å². The third-order valence-corrected chi connectivity index (χ3v) is 5.64. The van der Waals surface area contributed by atoms with Crippen LogP contribution >= 0.6 is 0 Å². The molecule has 5 N–H and O–H groups in total. The van der Waals surface area contributed by atoms with Gasteiger partial charge >= 0.3 is 12.1 Å². The molecule has 2 aromatic rings. The first-order chi connectivity index (χ1) is 16.6. The van der Waals surface area contributed by atoms with Crippen molar-refractivity contribution in [2.45, 2.75) is 77.1 Å². The number of aromatic nitrogens is 3. The molecule has 0 unspecified atom stereocenters. The van der Waals surface area contributed by atoms with Gasteiger partial charge in [0.1, 0.15) is 54.5 Å². The molecular weight excluding hydrogens is 472 g/mol. The molecule has 13 nitrogen and oxygen atoms in total. The highest BCUT2D eigenvalue weighted by atomic mass is 16.6. The van der Waals surface area contributed by atoms with E-state index in [0.717, 1.165) is 0 Å². The van der Waals surface area contributed by atoms with E-state index in [0.29, 0.717) is 5.52 Å². The molecule has 1 amide bonds. The number of esters is 1. The summed E-state index contributed by atoms with van der Waals surface area (Å²) in [5.41, 5.74) is 2.81. The van der Waals surface area contributed by atoms with E-state index in [-0.39, 0.29) is 11.5 Å². The second-order valence-corrected chi connectivity index (χ2v) is 10.7. The van der Waals surface area contributed by atoms with Gasteiger partial charge in [-0.15, -0.1) is 0 Å². The van der Waals surface area contributed by atoms with Crippen molar-refractivity contribution in [3.8, 4) is 6.07 Å². The SMILES string of the molecule is CC(C)(C)OC(=O)N[C@H](C(=O)OC[C@H]1O[C@@](C#N)(c2ccc3c(N)ncnn23)[C@H](O)[C@@H]1O)C(C)(C)C. The lowest BCUT2D eigenvalue weighted by molar-refractivity contribution is -0.155.